The zero-order chi connectivity index (χ0) is 11.5. The van der Waals surface area contributed by atoms with Crippen molar-refractivity contribution in [1.29, 1.82) is 0 Å². The maximum Gasteiger partial charge on any atom is 0.338 e. The molecule has 1 saturated carbocycles. The molecular weight excluding hydrogens is 222 g/mol. The van der Waals surface area contributed by atoms with E-state index in [1.165, 1.54) is 0 Å². The van der Waals surface area contributed by atoms with Gasteiger partial charge < -0.3 is 0 Å². The monoisotopic (exact) mass is 240 g/mol. The summed E-state index contributed by atoms with van der Waals surface area (Å²) in [6, 6.07) is -1.10. The summed E-state index contributed by atoms with van der Waals surface area (Å²) >= 11 is 5.05. The molecule has 0 amide bonds. The van der Waals surface area contributed by atoms with Gasteiger partial charge in [-0.2, -0.15) is 8.78 Å². The van der Waals surface area contributed by atoms with E-state index < -0.39 is 11.4 Å². The smallest absolute Gasteiger partial charge is 0.271 e. The third-order valence-electron chi connectivity index (χ3n) is 3.40. The molecule has 3 atom stereocenters. The van der Waals surface area contributed by atoms with Gasteiger partial charge in [0.2, 0.25) is 0 Å². The molecule has 0 saturated heterocycles. The average Bonchev–Trinajstić information content (AvgIpc) is 2.17. The van der Waals surface area contributed by atoms with Crippen LogP contribution >= 0.6 is 11.6 Å². The lowest BCUT2D eigenvalue weighted by molar-refractivity contribution is 0.0104. The highest BCUT2D eigenvalue weighted by atomic mass is 35.5. The minimum Gasteiger partial charge on any atom is -0.271 e. The Hall–Kier alpha value is 0.0700. The second kappa shape index (κ2) is 5.41. The van der Waals surface area contributed by atoms with Crippen molar-refractivity contribution in [2.45, 2.75) is 50.5 Å². The van der Waals surface area contributed by atoms with Gasteiger partial charge in [-0.05, 0) is 36.3 Å². The van der Waals surface area contributed by atoms with Crippen molar-refractivity contribution in [3.05, 3.63) is 0 Å². The molecule has 0 aromatic heterocycles. The summed E-state index contributed by atoms with van der Waals surface area (Å²) in [5.41, 5.74) is 2.17. The number of nitrogens with two attached hydrogens (primary N) is 1. The maximum atomic E-state index is 13.0. The standard InChI is InChI=1S/C10H19ClF2N2/c1-2-7-4-3-5-8(6-7)9(15-14)10(11,12)13/h7-9,15H,2-6,14H2,1H3. The fourth-order valence-corrected chi connectivity index (χ4v) is 2.75. The van der Waals surface area contributed by atoms with Crippen LogP contribution in [0.25, 0.3) is 0 Å². The van der Waals surface area contributed by atoms with Gasteiger partial charge in [0.05, 0.1) is 0 Å². The normalized spacial score (nSPS) is 30.2. The highest BCUT2D eigenvalue weighted by Gasteiger charge is 2.43. The first kappa shape index (κ1) is 13.1. The molecule has 3 unspecified atom stereocenters. The zero-order valence-electron chi connectivity index (χ0n) is 8.98. The molecule has 0 aromatic rings. The number of hydrazine groups is 1. The molecule has 1 aliphatic carbocycles. The summed E-state index contributed by atoms with van der Waals surface area (Å²) in [5.74, 6) is 5.59. The van der Waals surface area contributed by atoms with E-state index in [0.29, 0.717) is 5.92 Å². The van der Waals surface area contributed by atoms with E-state index in [4.69, 9.17) is 17.4 Å². The molecule has 2 nitrogen and oxygen atoms in total. The second-order valence-electron chi connectivity index (χ2n) is 4.39. The van der Waals surface area contributed by atoms with Gasteiger partial charge in [0.25, 0.3) is 0 Å². The number of hydrogen-bond donors (Lipinski definition) is 2. The van der Waals surface area contributed by atoms with Gasteiger partial charge in [0.15, 0.2) is 0 Å². The van der Waals surface area contributed by atoms with Gasteiger partial charge in [-0.1, -0.05) is 26.2 Å². The molecular formula is C10H19ClF2N2. The van der Waals surface area contributed by atoms with Crippen molar-refractivity contribution >= 4 is 11.6 Å². The first-order valence-electron chi connectivity index (χ1n) is 5.51. The SMILES string of the molecule is CCC1CCCC(C(NN)C(F)(F)Cl)C1. The molecule has 0 aromatic carbocycles. The fourth-order valence-electron chi connectivity index (χ4n) is 2.50. The Labute approximate surface area is 94.5 Å². The third kappa shape index (κ3) is 3.54. The summed E-state index contributed by atoms with van der Waals surface area (Å²) < 4.78 is 26.1. The van der Waals surface area contributed by atoms with Crippen LogP contribution in [0.2, 0.25) is 0 Å². The largest absolute Gasteiger partial charge is 0.338 e. The van der Waals surface area contributed by atoms with Crippen molar-refractivity contribution in [3.8, 4) is 0 Å². The molecule has 1 aliphatic rings. The first-order valence-corrected chi connectivity index (χ1v) is 5.89. The number of alkyl halides is 3. The van der Waals surface area contributed by atoms with E-state index in [1.54, 1.807) is 0 Å². The minimum atomic E-state index is -3.25. The van der Waals surface area contributed by atoms with Crippen LogP contribution < -0.4 is 11.3 Å². The molecule has 0 spiro atoms. The van der Waals surface area contributed by atoms with Gasteiger partial charge in [-0.3, -0.25) is 5.84 Å². The highest BCUT2D eigenvalue weighted by molar-refractivity contribution is 6.22. The van der Waals surface area contributed by atoms with Gasteiger partial charge >= 0.3 is 5.38 Å². The molecule has 0 heterocycles. The molecule has 5 heteroatoms. The first-order chi connectivity index (χ1) is 6.99. The number of rotatable bonds is 4. The predicted molar refractivity (Wildman–Crippen MR) is 57.7 cm³/mol. The summed E-state index contributed by atoms with van der Waals surface area (Å²) in [6.45, 7) is 2.09. The van der Waals surface area contributed by atoms with E-state index in [1.807, 2.05) is 0 Å². The van der Waals surface area contributed by atoms with Crippen LogP contribution in [0, 0.1) is 11.8 Å². The Balaban J connectivity index is 2.60. The van der Waals surface area contributed by atoms with Crippen LogP contribution in [0.5, 0.6) is 0 Å². The Morgan fingerprint density at radius 2 is 2.20 bits per heavy atom. The molecule has 15 heavy (non-hydrogen) atoms. The van der Waals surface area contributed by atoms with E-state index in [0.717, 1.165) is 32.1 Å². The second-order valence-corrected chi connectivity index (χ2v) is 4.89. The van der Waals surface area contributed by atoms with E-state index in [9.17, 15) is 8.78 Å². The molecule has 90 valence electrons. The maximum absolute atomic E-state index is 13.0. The Morgan fingerprint density at radius 1 is 1.53 bits per heavy atom. The lowest BCUT2D eigenvalue weighted by atomic mass is 9.77. The van der Waals surface area contributed by atoms with E-state index in [-0.39, 0.29) is 5.92 Å². The highest BCUT2D eigenvalue weighted by Crippen LogP contribution is 2.38. The van der Waals surface area contributed by atoms with E-state index in [2.05, 4.69) is 12.3 Å². The Kier molecular flexibility index (Phi) is 4.74. The number of halogens is 3. The Morgan fingerprint density at radius 3 is 2.67 bits per heavy atom. The Bertz CT molecular complexity index is 196. The van der Waals surface area contributed by atoms with Crippen molar-refractivity contribution < 1.29 is 8.78 Å². The predicted octanol–water partition coefficient (Wildman–Crippen LogP) is 2.87. The van der Waals surface area contributed by atoms with Gasteiger partial charge in [0, 0.05) is 0 Å². The van der Waals surface area contributed by atoms with Crippen LogP contribution in [0.4, 0.5) is 8.78 Å². The van der Waals surface area contributed by atoms with Crippen LogP contribution in [-0.2, 0) is 0 Å². The fraction of sp³-hybridized carbons (Fsp3) is 1.00. The van der Waals surface area contributed by atoms with Crippen LogP contribution in [0.3, 0.4) is 0 Å². The van der Waals surface area contributed by atoms with Crippen molar-refractivity contribution in [3.63, 3.8) is 0 Å². The molecule has 3 N–H and O–H groups in total. The summed E-state index contributed by atoms with van der Waals surface area (Å²) in [6.07, 6.45) is 4.76. The van der Waals surface area contributed by atoms with Gasteiger partial charge in [-0.25, -0.2) is 5.43 Å². The van der Waals surface area contributed by atoms with Gasteiger partial charge in [0.1, 0.15) is 6.04 Å². The van der Waals surface area contributed by atoms with Crippen LogP contribution in [0.1, 0.15) is 39.0 Å². The topological polar surface area (TPSA) is 38.0 Å². The lowest BCUT2D eigenvalue weighted by Crippen LogP contribution is -2.51. The number of nitrogens with one attached hydrogen (secondary N) is 1. The molecule has 1 rings (SSSR count). The summed E-state index contributed by atoms with van der Waals surface area (Å²) in [5, 5.41) is -3.25. The molecule has 0 radical (unpaired) electrons. The minimum absolute atomic E-state index is 0.110. The summed E-state index contributed by atoms with van der Waals surface area (Å²) in [4.78, 5) is 0. The molecule has 1 fully saturated rings. The molecule has 0 bridgehead atoms. The van der Waals surface area contributed by atoms with Crippen molar-refractivity contribution in [1.82, 2.24) is 5.43 Å². The van der Waals surface area contributed by atoms with Gasteiger partial charge in [-0.15, -0.1) is 0 Å². The van der Waals surface area contributed by atoms with Crippen molar-refractivity contribution in [2.24, 2.45) is 17.7 Å². The third-order valence-corrected chi connectivity index (χ3v) is 3.64. The quantitative estimate of drug-likeness (QED) is 0.451. The van der Waals surface area contributed by atoms with Crippen molar-refractivity contribution in [2.75, 3.05) is 0 Å². The number of hydrogen-bond acceptors (Lipinski definition) is 2. The van der Waals surface area contributed by atoms with Crippen LogP contribution in [-0.4, -0.2) is 11.4 Å². The average molecular weight is 241 g/mol. The zero-order valence-corrected chi connectivity index (χ0v) is 9.73. The molecule has 0 aliphatic heterocycles. The summed E-state index contributed by atoms with van der Waals surface area (Å²) in [7, 11) is 0. The lowest BCUT2D eigenvalue weighted by Gasteiger charge is -2.35. The van der Waals surface area contributed by atoms with Crippen LogP contribution in [0.15, 0.2) is 0 Å². The van der Waals surface area contributed by atoms with E-state index >= 15 is 0 Å².